The Morgan fingerprint density at radius 3 is 2.29 bits per heavy atom. The third-order valence-electron chi connectivity index (χ3n) is 4.23. The number of carboxylic acid groups (broad SMARTS) is 1. The summed E-state index contributed by atoms with van der Waals surface area (Å²) >= 11 is 4.07. The molecule has 7 N–H and O–H groups in total. The number of primary amides is 1. The molecule has 28 heavy (non-hydrogen) atoms. The first-order valence-electron chi connectivity index (χ1n) is 8.92. The Balaban J connectivity index is 2.75. The first-order valence-corrected chi connectivity index (χ1v) is 9.55. The van der Waals surface area contributed by atoms with Crippen LogP contribution in [0.4, 0.5) is 0 Å². The Labute approximate surface area is 168 Å². The van der Waals surface area contributed by atoms with Crippen molar-refractivity contribution in [3.8, 4) is 0 Å². The lowest BCUT2D eigenvalue weighted by atomic mass is 10.1. The first-order chi connectivity index (χ1) is 13.1. The normalized spacial score (nSPS) is 19.1. The van der Waals surface area contributed by atoms with Gasteiger partial charge in [-0.3, -0.25) is 24.0 Å². The molecule has 1 aliphatic rings. The topological polar surface area (TPSA) is 180 Å². The Hall–Kier alpha value is -2.34. The average molecular weight is 417 g/mol. The highest BCUT2D eigenvalue weighted by molar-refractivity contribution is 7.80. The van der Waals surface area contributed by atoms with E-state index >= 15 is 0 Å². The van der Waals surface area contributed by atoms with E-state index in [1.54, 1.807) is 0 Å². The fraction of sp³-hybridized carbons (Fsp3) is 0.688. The fourth-order valence-corrected chi connectivity index (χ4v) is 2.84. The monoisotopic (exact) mass is 417 g/mol. The lowest BCUT2D eigenvalue weighted by Gasteiger charge is -2.23. The van der Waals surface area contributed by atoms with Gasteiger partial charge in [0.25, 0.3) is 0 Å². The lowest BCUT2D eigenvalue weighted by molar-refractivity contribution is -0.142. The van der Waals surface area contributed by atoms with Crippen molar-refractivity contribution < 1.29 is 29.1 Å². The molecule has 1 heterocycles. The second kappa shape index (κ2) is 11.5. The van der Waals surface area contributed by atoms with E-state index in [0.29, 0.717) is 13.0 Å². The van der Waals surface area contributed by atoms with Crippen LogP contribution in [-0.4, -0.2) is 71.2 Å². The van der Waals surface area contributed by atoms with Crippen LogP contribution in [0.1, 0.15) is 32.6 Å². The van der Waals surface area contributed by atoms with Crippen molar-refractivity contribution in [1.82, 2.24) is 21.3 Å². The number of amides is 4. The Morgan fingerprint density at radius 2 is 1.79 bits per heavy atom. The zero-order valence-corrected chi connectivity index (χ0v) is 16.5. The van der Waals surface area contributed by atoms with E-state index in [4.69, 9.17) is 10.8 Å². The average Bonchev–Trinajstić information content (AvgIpc) is 3.17. The molecule has 158 valence electrons. The van der Waals surface area contributed by atoms with Gasteiger partial charge in [-0.15, -0.1) is 0 Å². The zero-order valence-electron chi connectivity index (χ0n) is 15.6. The van der Waals surface area contributed by atoms with Gasteiger partial charge in [0.2, 0.25) is 23.6 Å². The molecule has 1 aliphatic heterocycles. The standard InChI is InChI=1S/C16H27N5O6S/c1-8(16(26)27)19-14(24)10(4-5-12(17)22)20-15(25)11(7-28)21-13(23)9-3-2-6-18-9/h8-11,18,28H,2-7H2,1H3,(H2,17,22)(H,19,24)(H,20,25)(H,21,23)(H,26,27). The Kier molecular flexibility index (Phi) is 9.73. The number of rotatable bonds is 11. The van der Waals surface area contributed by atoms with E-state index in [0.717, 1.165) is 6.42 Å². The number of hydrogen-bond donors (Lipinski definition) is 7. The number of nitrogens with one attached hydrogen (secondary N) is 4. The second-order valence-corrected chi connectivity index (χ2v) is 6.89. The molecule has 11 nitrogen and oxygen atoms in total. The van der Waals surface area contributed by atoms with Gasteiger partial charge in [-0.1, -0.05) is 0 Å². The van der Waals surface area contributed by atoms with Crippen LogP contribution in [-0.2, 0) is 24.0 Å². The van der Waals surface area contributed by atoms with Crippen molar-refractivity contribution in [2.24, 2.45) is 5.73 Å². The molecule has 1 fully saturated rings. The molecule has 0 saturated carbocycles. The molecule has 1 saturated heterocycles. The number of hydrogen-bond acceptors (Lipinski definition) is 7. The highest BCUT2D eigenvalue weighted by Gasteiger charge is 2.30. The van der Waals surface area contributed by atoms with Crippen molar-refractivity contribution in [2.45, 2.75) is 56.8 Å². The number of carbonyl (C=O) groups is 5. The number of nitrogens with two attached hydrogens (primary N) is 1. The molecule has 0 aromatic carbocycles. The maximum absolute atomic E-state index is 12.5. The number of aliphatic carboxylic acids is 1. The Morgan fingerprint density at radius 1 is 1.14 bits per heavy atom. The summed E-state index contributed by atoms with van der Waals surface area (Å²) in [6.45, 7) is 1.98. The van der Waals surface area contributed by atoms with Crippen molar-refractivity contribution in [3.05, 3.63) is 0 Å². The van der Waals surface area contributed by atoms with Crippen LogP contribution in [0.3, 0.4) is 0 Å². The van der Waals surface area contributed by atoms with Crippen LogP contribution >= 0.6 is 12.6 Å². The molecule has 4 amide bonds. The third kappa shape index (κ3) is 7.72. The molecule has 0 spiro atoms. The summed E-state index contributed by atoms with van der Waals surface area (Å²) in [6, 6.07) is -3.76. The van der Waals surface area contributed by atoms with E-state index in [1.165, 1.54) is 6.92 Å². The highest BCUT2D eigenvalue weighted by atomic mass is 32.1. The number of carboxylic acids is 1. The van der Waals surface area contributed by atoms with Gasteiger partial charge in [-0.25, -0.2) is 0 Å². The van der Waals surface area contributed by atoms with Gasteiger partial charge in [0.1, 0.15) is 18.1 Å². The number of carbonyl (C=O) groups excluding carboxylic acids is 4. The third-order valence-corrected chi connectivity index (χ3v) is 4.60. The molecule has 4 atom stereocenters. The quantitative estimate of drug-likeness (QED) is 0.181. The Bertz CT molecular complexity index is 610. The van der Waals surface area contributed by atoms with Crippen molar-refractivity contribution in [1.29, 1.82) is 0 Å². The lowest BCUT2D eigenvalue weighted by Crippen LogP contribution is -2.57. The smallest absolute Gasteiger partial charge is 0.325 e. The maximum atomic E-state index is 12.5. The van der Waals surface area contributed by atoms with Crippen LogP contribution in [0.5, 0.6) is 0 Å². The van der Waals surface area contributed by atoms with E-state index in [2.05, 4.69) is 33.9 Å². The van der Waals surface area contributed by atoms with Crippen molar-refractivity contribution in [2.75, 3.05) is 12.3 Å². The molecule has 0 aromatic heterocycles. The first kappa shape index (κ1) is 23.7. The minimum absolute atomic E-state index is 0.0139. The summed E-state index contributed by atoms with van der Waals surface area (Å²) in [4.78, 5) is 58.9. The van der Waals surface area contributed by atoms with E-state index in [-0.39, 0.29) is 30.5 Å². The van der Waals surface area contributed by atoms with Crippen LogP contribution in [0.15, 0.2) is 0 Å². The van der Waals surface area contributed by atoms with Gasteiger partial charge >= 0.3 is 5.97 Å². The molecule has 12 heteroatoms. The van der Waals surface area contributed by atoms with Crippen LogP contribution in [0.2, 0.25) is 0 Å². The van der Waals surface area contributed by atoms with Crippen molar-refractivity contribution in [3.63, 3.8) is 0 Å². The van der Waals surface area contributed by atoms with Crippen LogP contribution < -0.4 is 27.0 Å². The molecule has 0 aliphatic carbocycles. The van der Waals surface area contributed by atoms with Gasteiger partial charge in [0.15, 0.2) is 0 Å². The SMILES string of the molecule is CC(NC(=O)C(CCC(N)=O)NC(=O)C(CS)NC(=O)C1CCCN1)C(=O)O. The summed E-state index contributed by atoms with van der Waals surface area (Å²) < 4.78 is 0. The van der Waals surface area contributed by atoms with Gasteiger partial charge in [-0.2, -0.15) is 12.6 Å². The zero-order chi connectivity index (χ0) is 21.3. The molecular weight excluding hydrogens is 390 g/mol. The van der Waals surface area contributed by atoms with Gasteiger partial charge in [0, 0.05) is 12.2 Å². The highest BCUT2D eigenvalue weighted by Crippen LogP contribution is 2.06. The van der Waals surface area contributed by atoms with Crippen LogP contribution in [0, 0.1) is 0 Å². The molecule has 0 radical (unpaired) electrons. The second-order valence-electron chi connectivity index (χ2n) is 6.53. The van der Waals surface area contributed by atoms with Crippen molar-refractivity contribution >= 4 is 42.2 Å². The maximum Gasteiger partial charge on any atom is 0.325 e. The molecular formula is C16H27N5O6S. The predicted octanol–water partition coefficient (Wildman–Crippen LogP) is -2.51. The molecule has 1 rings (SSSR count). The largest absolute Gasteiger partial charge is 0.480 e. The molecule has 0 bridgehead atoms. The van der Waals surface area contributed by atoms with Gasteiger partial charge in [-0.05, 0) is 32.7 Å². The summed E-state index contributed by atoms with van der Waals surface area (Å²) in [5, 5.41) is 19.1. The summed E-state index contributed by atoms with van der Waals surface area (Å²) in [5.74, 6) is -3.73. The molecule has 0 aromatic rings. The number of thiol groups is 1. The minimum Gasteiger partial charge on any atom is -0.480 e. The van der Waals surface area contributed by atoms with Crippen LogP contribution in [0.25, 0.3) is 0 Å². The van der Waals surface area contributed by atoms with E-state index in [9.17, 15) is 24.0 Å². The van der Waals surface area contributed by atoms with Gasteiger partial charge in [0.05, 0.1) is 6.04 Å². The van der Waals surface area contributed by atoms with Gasteiger partial charge < -0.3 is 32.1 Å². The summed E-state index contributed by atoms with van der Waals surface area (Å²) in [5.41, 5.74) is 5.09. The van der Waals surface area contributed by atoms with E-state index < -0.39 is 41.8 Å². The predicted molar refractivity (Wildman–Crippen MR) is 102 cm³/mol. The molecule has 4 unspecified atom stereocenters. The fourth-order valence-electron chi connectivity index (χ4n) is 2.58. The minimum atomic E-state index is -1.25. The van der Waals surface area contributed by atoms with E-state index in [1.807, 2.05) is 0 Å². The summed E-state index contributed by atoms with van der Waals surface area (Å²) in [7, 11) is 0. The summed E-state index contributed by atoms with van der Waals surface area (Å²) in [6.07, 6.45) is 1.21.